The van der Waals surface area contributed by atoms with E-state index in [1.807, 2.05) is 0 Å². The average molecular weight is 284 g/mol. The van der Waals surface area contributed by atoms with Crippen molar-refractivity contribution in [1.82, 2.24) is 4.98 Å². The van der Waals surface area contributed by atoms with Crippen molar-refractivity contribution in [1.29, 1.82) is 0 Å². The van der Waals surface area contributed by atoms with Crippen molar-refractivity contribution < 1.29 is 9.50 Å². The topological polar surface area (TPSA) is 33.1 Å². The Hall–Kier alpha value is -1.10. The van der Waals surface area contributed by atoms with Crippen LogP contribution >= 0.6 is 23.4 Å². The number of rotatable bonds is 3. The molecule has 2 rings (SSSR count). The third kappa shape index (κ3) is 3.02. The van der Waals surface area contributed by atoms with Crippen LogP contribution in [0.5, 0.6) is 0 Å². The third-order valence-corrected chi connectivity index (χ3v) is 3.86. The van der Waals surface area contributed by atoms with Crippen molar-refractivity contribution >= 4 is 23.4 Å². The minimum absolute atomic E-state index is 0.389. The average Bonchev–Trinajstić information content (AvgIpc) is 2.34. The Bertz CT molecular complexity index is 562. The summed E-state index contributed by atoms with van der Waals surface area (Å²) in [6.07, 6.45) is 0.924. The van der Waals surface area contributed by atoms with E-state index in [9.17, 15) is 9.50 Å². The van der Waals surface area contributed by atoms with Crippen LogP contribution in [0, 0.1) is 5.82 Å². The van der Waals surface area contributed by atoms with Crippen LogP contribution in [0.1, 0.15) is 18.6 Å². The Balaban J connectivity index is 2.28. The molecule has 1 unspecified atom stereocenters. The minimum atomic E-state index is -0.683. The molecule has 1 aromatic carbocycles. The minimum Gasteiger partial charge on any atom is -0.389 e. The molecule has 1 aromatic heterocycles. The summed E-state index contributed by atoms with van der Waals surface area (Å²) in [6, 6.07) is 8.06. The molecular weight excluding hydrogens is 273 g/mol. The summed E-state index contributed by atoms with van der Waals surface area (Å²) in [4.78, 5) is 4.52. The van der Waals surface area contributed by atoms with Crippen LogP contribution in [0.25, 0.3) is 0 Å². The lowest BCUT2D eigenvalue weighted by Crippen LogP contribution is -1.93. The Morgan fingerprint density at radius 3 is 2.78 bits per heavy atom. The predicted octanol–water partition coefficient (Wildman–Crippen LogP) is 4.08. The van der Waals surface area contributed by atoms with Gasteiger partial charge in [-0.05, 0) is 36.8 Å². The summed E-state index contributed by atoms with van der Waals surface area (Å²) < 4.78 is 13.8. The molecule has 0 aliphatic rings. The quantitative estimate of drug-likeness (QED) is 0.921. The van der Waals surface area contributed by atoms with Crippen LogP contribution < -0.4 is 0 Å². The maximum Gasteiger partial charge on any atom is 0.137 e. The van der Waals surface area contributed by atoms with Crippen LogP contribution in [-0.2, 0) is 0 Å². The number of pyridine rings is 1. The van der Waals surface area contributed by atoms with Gasteiger partial charge in [-0.25, -0.2) is 9.37 Å². The highest BCUT2D eigenvalue weighted by Gasteiger charge is 2.10. The third-order valence-electron chi connectivity index (χ3n) is 2.37. The number of hydrogen-bond donors (Lipinski definition) is 1. The van der Waals surface area contributed by atoms with E-state index in [4.69, 9.17) is 11.6 Å². The molecule has 0 amide bonds. The predicted molar refractivity (Wildman–Crippen MR) is 70.4 cm³/mol. The summed E-state index contributed by atoms with van der Waals surface area (Å²) in [6.45, 7) is 1.59. The molecule has 94 valence electrons. The van der Waals surface area contributed by atoms with Gasteiger partial charge in [0.25, 0.3) is 0 Å². The number of benzene rings is 1. The molecule has 2 aromatic rings. The molecule has 0 saturated heterocycles. The van der Waals surface area contributed by atoms with E-state index < -0.39 is 6.10 Å². The van der Waals surface area contributed by atoms with Crippen molar-refractivity contribution in [2.45, 2.75) is 22.9 Å². The molecule has 0 fully saturated rings. The lowest BCUT2D eigenvalue weighted by molar-refractivity contribution is 0.198. The second-order valence-electron chi connectivity index (χ2n) is 3.76. The van der Waals surface area contributed by atoms with Crippen molar-refractivity contribution in [2.24, 2.45) is 0 Å². The van der Waals surface area contributed by atoms with Crippen LogP contribution in [0.2, 0.25) is 5.02 Å². The van der Waals surface area contributed by atoms with Crippen LogP contribution in [0.4, 0.5) is 4.39 Å². The molecule has 5 heteroatoms. The van der Waals surface area contributed by atoms with Gasteiger partial charge in [0, 0.05) is 11.1 Å². The second kappa shape index (κ2) is 5.69. The summed E-state index contributed by atoms with van der Waals surface area (Å²) in [5.41, 5.74) is 0.545. The molecule has 0 radical (unpaired) electrons. The molecule has 1 atom stereocenters. The zero-order valence-electron chi connectivity index (χ0n) is 9.60. The fourth-order valence-corrected chi connectivity index (χ4v) is 2.43. The van der Waals surface area contributed by atoms with Gasteiger partial charge in [0.1, 0.15) is 10.8 Å². The number of aliphatic hydroxyl groups is 1. The zero-order chi connectivity index (χ0) is 13.1. The van der Waals surface area contributed by atoms with Gasteiger partial charge in [-0.15, -0.1) is 0 Å². The Kier molecular flexibility index (Phi) is 4.22. The fraction of sp³-hybridized carbons (Fsp3) is 0.154. The summed E-state index contributed by atoms with van der Waals surface area (Å²) >= 11 is 7.12. The van der Waals surface area contributed by atoms with E-state index >= 15 is 0 Å². The van der Waals surface area contributed by atoms with E-state index in [0.717, 1.165) is 11.8 Å². The van der Waals surface area contributed by atoms with Crippen molar-refractivity contribution in [3.63, 3.8) is 0 Å². The summed E-state index contributed by atoms with van der Waals surface area (Å²) in [5.74, 6) is -0.389. The van der Waals surface area contributed by atoms with Gasteiger partial charge in [0.15, 0.2) is 0 Å². The lowest BCUT2D eigenvalue weighted by Gasteiger charge is -2.08. The number of aliphatic hydroxyl groups excluding tert-OH is 1. The van der Waals surface area contributed by atoms with E-state index in [-0.39, 0.29) is 5.82 Å². The number of aromatic nitrogens is 1. The fourth-order valence-electron chi connectivity index (χ4n) is 1.41. The maximum absolute atomic E-state index is 13.8. The number of hydrogen-bond acceptors (Lipinski definition) is 3. The first kappa shape index (κ1) is 13.3. The van der Waals surface area contributed by atoms with Gasteiger partial charge in [-0.3, -0.25) is 0 Å². The highest BCUT2D eigenvalue weighted by Crippen LogP contribution is 2.33. The van der Waals surface area contributed by atoms with E-state index in [2.05, 4.69) is 4.98 Å². The summed E-state index contributed by atoms with van der Waals surface area (Å²) in [5, 5.41) is 10.4. The smallest absolute Gasteiger partial charge is 0.137 e. The highest BCUT2D eigenvalue weighted by molar-refractivity contribution is 7.99. The molecule has 1 N–H and O–H groups in total. The van der Waals surface area contributed by atoms with Crippen LogP contribution in [0.3, 0.4) is 0 Å². The van der Waals surface area contributed by atoms with Gasteiger partial charge in [0.05, 0.1) is 11.1 Å². The molecule has 18 heavy (non-hydrogen) atoms. The van der Waals surface area contributed by atoms with E-state index in [0.29, 0.717) is 20.5 Å². The molecule has 0 spiro atoms. The zero-order valence-corrected chi connectivity index (χ0v) is 11.2. The molecule has 0 bridgehead atoms. The monoisotopic (exact) mass is 283 g/mol. The summed E-state index contributed by atoms with van der Waals surface area (Å²) in [7, 11) is 0. The van der Waals surface area contributed by atoms with Gasteiger partial charge in [0.2, 0.25) is 0 Å². The Labute approximate surface area is 114 Å². The van der Waals surface area contributed by atoms with Crippen molar-refractivity contribution in [3.8, 4) is 0 Å². The van der Waals surface area contributed by atoms with Crippen molar-refractivity contribution in [3.05, 3.63) is 52.9 Å². The molecule has 0 aliphatic heterocycles. The largest absolute Gasteiger partial charge is 0.389 e. The first-order valence-electron chi connectivity index (χ1n) is 5.34. The van der Waals surface area contributed by atoms with Crippen LogP contribution in [0.15, 0.2) is 46.5 Å². The van der Waals surface area contributed by atoms with Gasteiger partial charge >= 0.3 is 0 Å². The van der Waals surface area contributed by atoms with Crippen molar-refractivity contribution in [2.75, 3.05) is 0 Å². The van der Waals surface area contributed by atoms with Gasteiger partial charge in [-0.1, -0.05) is 29.4 Å². The molecule has 1 heterocycles. The lowest BCUT2D eigenvalue weighted by atomic mass is 10.1. The normalized spacial score (nSPS) is 12.4. The number of halogens is 2. The van der Waals surface area contributed by atoms with Gasteiger partial charge < -0.3 is 5.11 Å². The molecule has 2 nitrogen and oxygen atoms in total. The first-order chi connectivity index (χ1) is 8.58. The Morgan fingerprint density at radius 1 is 1.39 bits per heavy atom. The highest BCUT2D eigenvalue weighted by atomic mass is 35.5. The second-order valence-corrected chi connectivity index (χ2v) is 5.20. The molecular formula is C13H11ClFNOS. The Morgan fingerprint density at radius 2 is 2.17 bits per heavy atom. The molecule has 0 saturated carbocycles. The van der Waals surface area contributed by atoms with E-state index in [1.54, 1.807) is 37.4 Å². The van der Waals surface area contributed by atoms with Gasteiger partial charge in [-0.2, -0.15) is 0 Å². The standard InChI is InChI=1S/C13H11ClFNOS/c1-8(17)9-4-5-12(11(15)7-9)18-13-10(14)3-2-6-16-13/h2-8,17H,1H3. The first-order valence-corrected chi connectivity index (χ1v) is 6.53. The molecule has 0 aliphatic carbocycles. The van der Waals surface area contributed by atoms with Crippen LogP contribution in [-0.4, -0.2) is 10.1 Å². The van der Waals surface area contributed by atoms with E-state index in [1.165, 1.54) is 6.07 Å². The maximum atomic E-state index is 13.8. The number of nitrogens with zero attached hydrogens (tertiary/aromatic N) is 1. The SMILES string of the molecule is CC(O)c1ccc(Sc2ncccc2Cl)c(F)c1.